The van der Waals surface area contributed by atoms with Crippen LogP contribution in [0, 0.1) is 5.41 Å². The van der Waals surface area contributed by atoms with E-state index in [1.807, 2.05) is 12.1 Å². The lowest BCUT2D eigenvalue weighted by atomic mass is 9.75. The lowest BCUT2D eigenvalue weighted by Crippen LogP contribution is -2.64. The van der Waals surface area contributed by atoms with Crippen LogP contribution in [0.1, 0.15) is 11.1 Å². The third kappa shape index (κ3) is 4.59. The summed E-state index contributed by atoms with van der Waals surface area (Å²) < 4.78 is 0. The number of aromatic hydroxyl groups is 1. The molecule has 1 aliphatic heterocycles. The van der Waals surface area contributed by atoms with E-state index >= 15 is 0 Å². The van der Waals surface area contributed by atoms with Gasteiger partial charge in [0.05, 0.1) is 5.41 Å². The van der Waals surface area contributed by atoms with E-state index in [1.165, 1.54) is 12.1 Å². The SMILES string of the molecule is NC(=O)[C@H](Cc1ccc(O)cc1)NC(=O)C1(Cc2ccc(Cl)cc2)CNC1. The molecular formula is C20H22ClN3O3. The van der Waals surface area contributed by atoms with E-state index < -0.39 is 17.4 Å². The molecule has 5 N–H and O–H groups in total. The highest BCUT2D eigenvalue weighted by Gasteiger charge is 2.45. The highest BCUT2D eigenvalue weighted by atomic mass is 35.5. The summed E-state index contributed by atoms with van der Waals surface area (Å²) in [5, 5.41) is 16.0. The molecule has 3 rings (SSSR count). The second-order valence-electron chi connectivity index (χ2n) is 6.99. The van der Waals surface area contributed by atoms with Gasteiger partial charge in [-0.25, -0.2) is 0 Å². The Morgan fingerprint density at radius 2 is 1.70 bits per heavy atom. The molecule has 1 saturated heterocycles. The van der Waals surface area contributed by atoms with Gasteiger partial charge in [-0.1, -0.05) is 35.9 Å². The highest BCUT2D eigenvalue weighted by molar-refractivity contribution is 6.30. The van der Waals surface area contributed by atoms with Gasteiger partial charge in [-0.05, 0) is 41.8 Å². The number of carbonyl (C=O) groups is 2. The summed E-state index contributed by atoms with van der Waals surface area (Å²) in [5.41, 5.74) is 6.69. The van der Waals surface area contributed by atoms with Crippen LogP contribution in [0.2, 0.25) is 5.02 Å². The van der Waals surface area contributed by atoms with Crippen LogP contribution >= 0.6 is 11.6 Å². The number of phenols is 1. The average Bonchev–Trinajstić information content (AvgIpc) is 2.60. The molecule has 2 amide bonds. The smallest absolute Gasteiger partial charge is 0.240 e. The predicted octanol–water partition coefficient (Wildman–Crippen LogP) is 1.39. The molecule has 7 heteroatoms. The standard InChI is InChI=1S/C20H22ClN3O3/c21-15-5-1-14(2-6-15)10-20(11-23-12-20)19(27)24-17(18(22)26)9-13-3-7-16(25)8-4-13/h1-8,17,23,25H,9-12H2,(H2,22,26)(H,24,27)/t17-/m0/s1. The minimum absolute atomic E-state index is 0.140. The Morgan fingerprint density at radius 1 is 1.11 bits per heavy atom. The molecule has 1 fully saturated rings. The maximum atomic E-state index is 13.0. The molecule has 2 aromatic carbocycles. The molecule has 6 nitrogen and oxygen atoms in total. The average molecular weight is 388 g/mol. The van der Waals surface area contributed by atoms with E-state index in [0.717, 1.165) is 11.1 Å². The molecule has 0 spiro atoms. The fourth-order valence-corrected chi connectivity index (χ4v) is 3.31. The Bertz CT molecular complexity index is 817. The molecule has 1 aliphatic rings. The highest BCUT2D eigenvalue weighted by Crippen LogP contribution is 2.29. The van der Waals surface area contributed by atoms with Crippen molar-refractivity contribution in [2.24, 2.45) is 11.1 Å². The monoisotopic (exact) mass is 387 g/mol. The first kappa shape index (κ1) is 19.2. The fourth-order valence-electron chi connectivity index (χ4n) is 3.19. The molecular weight excluding hydrogens is 366 g/mol. The van der Waals surface area contributed by atoms with Gasteiger partial charge in [0.1, 0.15) is 11.8 Å². The third-order valence-corrected chi connectivity index (χ3v) is 5.14. The van der Waals surface area contributed by atoms with Crippen LogP contribution in [-0.4, -0.2) is 36.1 Å². The minimum Gasteiger partial charge on any atom is -0.508 e. The Morgan fingerprint density at radius 3 is 2.22 bits per heavy atom. The summed E-state index contributed by atoms with van der Waals surface area (Å²) in [6.07, 6.45) is 0.819. The van der Waals surface area contributed by atoms with Crippen LogP contribution in [-0.2, 0) is 22.4 Å². The van der Waals surface area contributed by atoms with Gasteiger partial charge in [-0.3, -0.25) is 9.59 Å². The van der Waals surface area contributed by atoms with Crippen molar-refractivity contribution in [1.29, 1.82) is 0 Å². The zero-order chi connectivity index (χ0) is 19.4. The van der Waals surface area contributed by atoms with Crippen LogP contribution in [0.5, 0.6) is 5.75 Å². The summed E-state index contributed by atoms with van der Waals surface area (Å²) in [6.45, 7) is 1.07. The number of primary amides is 1. The number of nitrogens with two attached hydrogens (primary N) is 1. The van der Waals surface area contributed by atoms with Crippen LogP contribution < -0.4 is 16.4 Å². The predicted molar refractivity (Wildman–Crippen MR) is 103 cm³/mol. The van der Waals surface area contributed by atoms with Crippen LogP contribution in [0.3, 0.4) is 0 Å². The van der Waals surface area contributed by atoms with Crippen molar-refractivity contribution in [1.82, 2.24) is 10.6 Å². The number of phenolic OH excluding ortho intramolecular Hbond substituents is 1. The van der Waals surface area contributed by atoms with Crippen molar-refractivity contribution in [3.8, 4) is 5.75 Å². The first-order chi connectivity index (χ1) is 12.9. The van der Waals surface area contributed by atoms with Gasteiger partial charge in [0.15, 0.2) is 0 Å². The molecule has 0 bridgehead atoms. The number of benzene rings is 2. The number of amides is 2. The van der Waals surface area contributed by atoms with E-state index in [0.29, 0.717) is 24.5 Å². The minimum atomic E-state index is -0.815. The maximum absolute atomic E-state index is 13.0. The molecule has 0 unspecified atom stereocenters. The maximum Gasteiger partial charge on any atom is 0.240 e. The van der Waals surface area contributed by atoms with Crippen molar-refractivity contribution in [3.63, 3.8) is 0 Å². The number of rotatable bonds is 7. The molecule has 2 aromatic rings. The van der Waals surface area contributed by atoms with Crippen molar-refractivity contribution in [3.05, 3.63) is 64.7 Å². The number of halogens is 1. The molecule has 0 aliphatic carbocycles. The Labute approximate surface area is 162 Å². The summed E-state index contributed by atoms with van der Waals surface area (Å²) in [7, 11) is 0. The van der Waals surface area contributed by atoms with Crippen molar-refractivity contribution < 1.29 is 14.7 Å². The van der Waals surface area contributed by atoms with Gasteiger partial charge in [-0.15, -0.1) is 0 Å². The van der Waals surface area contributed by atoms with Gasteiger partial charge >= 0.3 is 0 Å². The van der Waals surface area contributed by atoms with Gasteiger partial charge in [0, 0.05) is 24.5 Å². The molecule has 1 heterocycles. The Balaban J connectivity index is 1.70. The lowest BCUT2D eigenvalue weighted by Gasteiger charge is -2.42. The van der Waals surface area contributed by atoms with Crippen LogP contribution in [0.4, 0.5) is 0 Å². The van der Waals surface area contributed by atoms with Crippen molar-refractivity contribution in [2.45, 2.75) is 18.9 Å². The second-order valence-corrected chi connectivity index (χ2v) is 7.42. The van der Waals surface area contributed by atoms with E-state index in [9.17, 15) is 14.7 Å². The summed E-state index contributed by atoms with van der Waals surface area (Å²) in [6, 6.07) is 13.1. The second kappa shape index (κ2) is 7.98. The van der Waals surface area contributed by atoms with Crippen molar-refractivity contribution in [2.75, 3.05) is 13.1 Å². The first-order valence-corrected chi connectivity index (χ1v) is 9.09. The van der Waals surface area contributed by atoms with E-state index in [2.05, 4.69) is 10.6 Å². The largest absolute Gasteiger partial charge is 0.508 e. The number of carbonyl (C=O) groups excluding carboxylic acids is 2. The molecule has 1 atom stereocenters. The number of hydrogen-bond acceptors (Lipinski definition) is 4. The number of nitrogens with one attached hydrogen (secondary N) is 2. The molecule has 27 heavy (non-hydrogen) atoms. The summed E-state index contributed by atoms with van der Waals surface area (Å²) in [4.78, 5) is 24.8. The Hall–Kier alpha value is -2.57. The third-order valence-electron chi connectivity index (χ3n) is 4.89. The molecule has 0 saturated carbocycles. The van der Waals surface area contributed by atoms with Crippen LogP contribution in [0.25, 0.3) is 0 Å². The Kier molecular flexibility index (Phi) is 5.68. The van der Waals surface area contributed by atoms with Crippen molar-refractivity contribution >= 4 is 23.4 Å². The zero-order valence-electron chi connectivity index (χ0n) is 14.7. The van der Waals surface area contributed by atoms with E-state index in [-0.39, 0.29) is 18.1 Å². The fraction of sp³-hybridized carbons (Fsp3) is 0.300. The topological polar surface area (TPSA) is 104 Å². The van der Waals surface area contributed by atoms with E-state index in [4.69, 9.17) is 17.3 Å². The lowest BCUT2D eigenvalue weighted by molar-refractivity contribution is -0.137. The zero-order valence-corrected chi connectivity index (χ0v) is 15.5. The van der Waals surface area contributed by atoms with Gasteiger partial charge in [0.25, 0.3) is 0 Å². The van der Waals surface area contributed by atoms with Crippen LogP contribution in [0.15, 0.2) is 48.5 Å². The van der Waals surface area contributed by atoms with E-state index in [1.54, 1.807) is 24.3 Å². The summed E-state index contributed by atoms with van der Waals surface area (Å²) in [5.74, 6) is -0.648. The molecule has 0 radical (unpaired) electrons. The van der Waals surface area contributed by atoms with Gasteiger partial charge in [0.2, 0.25) is 11.8 Å². The molecule has 0 aromatic heterocycles. The quantitative estimate of drug-likeness (QED) is 0.576. The van der Waals surface area contributed by atoms with Gasteiger partial charge < -0.3 is 21.5 Å². The summed E-state index contributed by atoms with van der Waals surface area (Å²) >= 11 is 5.93. The first-order valence-electron chi connectivity index (χ1n) is 8.71. The number of hydrogen-bond donors (Lipinski definition) is 4. The molecule has 142 valence electrons. The van der Waals surface area contributed by atoms with Gasteiger partial charge in [-0.2, -0.15) is 0 Å². The normalized spacial score (nSPS) is 16.2.